The second kappa shape index (κ2) is 4.94. The van der Waals surface area contributed by atoms with Gasteiger partial charge in [-0.05, 0) is 64.7 Å². The molecule has 90 valence electrons. The van der Waals surface area contributed by atoms with E-state index in [1.807, 2.05) is 24.4 Å². The summed E-state index contributed by atoms with van der Waals surface area (Å²) >= 11 is 6.89. The number of halogens is 2. The highest BCUT2D eigenvalue weighted by Crippen LogP contribution is 2.29. The van der Waals surface area contributed by atoms with Crippen molar-refractivity contribution in [2.45, 2.75) is 12.8 Å². The molecule has 2 heterocycles. The van der Waals surface area contributed by atoms with Gasteiger partial charge in [0, 0.05) is 15.1 Å². The number of benzene rings is 1. The number of nitrogens with zero attached hydrogens (tertiary/aromatic N) is 2. The van der Waals surface area contributed by atoms with E-state index in [1.165, 1.54) is 5.56 Å². The fraction of sp³-hybridized carbons (Fsp3) is 0.143. The predicted octanol–water partition coefficient (Wildman–Crippen LogP) is 4.67. The second-order valence-electron chi connectivity index (χ2n) is 4.19. The Morgan fingerprint density at radius 3 is 2.56 bits per heavy atom. The number of aliphatic imine (C=N–C) groups is 1. The van der Waals surface area contributed by atoms with Crippen LogP contribution in [0.5, 0.6) is 0 Å². The SMILES string of the molecule is Brc1ccc(C2=Nc3ccc(Br)cc3CC2)nc1. The highest BCUT2D eigenvalue weighted by molar-refractivity contribution is 9.10. The Labute approximate surface area is 122 Å². The number of aryl methyl sites for hydroxylation is 1. The summed E-state index contributed by atoms with van der Waals surface area (Å²) in [5.41, 5.74) is 4.39. The Hall–Kier alpha value is -1.00. The van der Waals surface area contributed by atoms with Gasteiger partial charge in [0.1, 0.15) is 0 Å². The Bertz CT molecular complexity index is 618. The summed E-state index contributed by atoms with van der Waals surface area (Å²) in [6.07, 6.45) is 3.78. The maximum atomic E-state index is 4.70. The van der Waals surface area contributed by atoms with E-state index >= 15 is 0 Å². The largest absolute Gasteiger partial charge is 0.254 e. The molecule has 1 aromatic carbocycles. The first-order valence-electron chi connectivity index (χ1n) is 5.70. The number of pyridine rings is 1. The molecule has 0 unspecified atom stereocenters. The monoisotopic (exact) mass is 364 g/mol. The summed E-state index contributed by atoms with van der Waals surface area (Å²) in [6, 6.07) is 10.2. The lowest BCUT2D eigenvalue weighted by Crippen LogP contribution is -2.09. The van der Waals surface area contributed by atoms with Gasteiger partial charge in [-0.1, -0.05) is 15.9 Å². The van der Waals surface area contributed by atoms with Crippen LogP contribution in [-0.2, 0) is 6.42 Å². The fourth-order valence-electron chi connectivity index (χ4n) is 2.05. The molecular formula is C14H10Br2N2. The lowest BCUT2D eigenvalue weighted by Gasteiger charge is -2.15. The van der Waals surface area contributed by atoms with E-state index in [2.05, 4.69) is 49.0 Å². The number of fused-ring (bicyclic) bond motifs is 1. The molecule has 0 fully saturated rings. The highest BCUT2D eigenvalue weighted by Gasteiger charge is 2.14. The summed E-state index contributed by atoms with van der Waals surface area (Å²) in [4.78, 5) is 9.11. The average molecular weight is 366 g/mol. The molecule has 0 aliphatic carbocycles. The van der Waals surface area contributed by atoms with Crippen molar-refractivity contribution >= 4 is 43.3 Å². The van der Waals surface area contributed by atoms with Gasteiger partial charge in [0.05, 0.1) is 17.1 Å². The van der Waals surface area contributed by atoms with Gasteiger partial charge in [-0.2, -0.15) is 0 Å². The van der Waals surface area contributed by atoms with E-state index in [0.717, 1.165) is 38.9 Å². The van der Waals surface area contributed by atoms with Gasteiger partial charge in [-0.25, -0.2) is 0 Å². The second-order valence-corrected chi connectivity index (χ2v) is 6.02. The molecule has 0 saturated heterocycles. The molecule has 0 spiro atoms. The third kappa shape index (κ3) is 2.40. The van der Waals surface area contributed by atoms with Gasteiger partial charge in [0.15, 0.2) is 0 Å². The third-order valence-corrected chi connectivity index (χ3v) is 3.91. The zero-order valence-corrected chi connectivity index (χ0v) is 12.7. The Morgan fingerprint density at radius 2 is 1.78 bits per heavy atom. The maximum Gasteiger partial charge on any atom is 0.0845 e. The van der Waals surface area contributed by atoms with E-state index < -0.39 is 0 Å². The van der Waals surface area contributed by atoms with Crippen molar-refractivity contribution in [3.8, 4) is 0 Å². The van der Waals surface area contributed by atoms with Crippen molar-refractivity contribution < 1.29 is 0 Å². The van der Waals surface area contributed by atoms with Crippen LogP contribution in [0.25, 0.3) is 0 Å². The van der Waals surface area contributed by atoms with Crippen molar-refractivity contribution in [2.75, 3.05) is 0 Å². The van der Waals surface area contributed by atoms with Crippen LogP contribution < -0.4 is 0 Å². The van der Waals surface area contributed by atoms with Crippen LogP contribution in [0.3, 0.4) is 0 Å². The normalized spacial score (nSPS) is 14.0. The molecule has 1 aliphatic heterocycles. The molecule has 1 aliphatic rings. The Balaban J connectivity index is 2.00. The van der Waals surface area contributed by atoms with Gasteiger partial charge in [-0.15, -0.1) is 0 Å². The fourth-order valence-corrected chi connectivity index (χ4v) is 2.69. The van der Waals surface area contributed by atoms with Crippen LogP contribution in [0.15, 0.2) is 50.5 Å². The molecule has 0 N–H and O–H groups in total. The third-order valence-electron chi connectivity index (χ3n) is 2.95. The lowest BCUT2D eigenvalue weighted by molar-refractivity contribution is 0.997. The predicted molar refractivity (Wildman–Crippen MR) is 80.6 cm³/mol. The van der Waals surface area contributed by atoms with Crippen molar-refractivity contribution in [3.05, 3.63) is 56.7 Å². The van der Waals surface area contributed by atoms with E-state index in [9.17, 15) is 0 Å². The molecular weight excluding hydrogens is 356 g/mol. The highest BCUT2D eigenvalue weighted by atomic mass is 79.9. The summed E-state index contributed by atoms with van der Waals surface area (Å²) in [7, 11) is 0. The number of hydrogen-bond donors (Lipinski definition) is 0. The topological polar surface area (TPSA) is 25.2 Å². The van der Waals surface area contributed by atoms with Gasteiger partial charge >= 0.3 is 0 Å². The van der Waals surface area contributed by atoms with Gasteiger partial charge < -0.3 is 0 Å². The zero-order valence-electron chi connectivity index (χ0n) is 9.53. The maximum absolute atomic E-state index is 4.70. The van der Waals surface area contributed by atoms with E-state index in [-0.39, 0.29) is 0 Å². The quantitative estimate of drug-likeness (QED) is 0.720. The standard InChI is InChI=1S/C14H10Br2N2/c15-10-2-5-12-9(7-10)1-4-14(18-12)13-6-3-11(16)8-17-13/h2-3,5-8H,1,4H2. The molecule has 1 aromatic heterocycles. The first-order chi connectivity index (χ1) is 8.72. The first kappa shape index (κ1) is 12.1. The minimum atomic E-state index is 0.943. The van der Waals surface area contributed by atoms with Crippen molar-refractivity contribution in [1.29, 1.82) is 0 Å². The molecule has 18 heavy (non-hydrogen) atoms. The summed E-state index contributed by atoms with van der Waals surface area (Å²) < 4.78 is 2.11. The Kier molecular flexibility index (Phi) is 3.31. The van der Waals surface area contributed by atoms with Crippen LogP contribution >= 0.6 is 31.9 Å². The molecule has 0 atom stereocenters. The molecule has 2 nitrogen and oxygen atoms in total. The molecule has 3 rings (SSSR count). The van der Waals surface area contributed by atoms with E-state index in [4.69, 9.17) is 4.99 Å². The molecule has 2 aromatic rings. The molecule has 0 amide bonds. The van der Waals surface area contributed by atoms with Crippen LogP contribution in [0, 0.1) is 0 Å². The van der Waals surface area contributed by atoms with Gasteiger partial charge in [0.25, 0.3) is 0 Å². The Morgan fingerprint density at radius 1 is 0.944 bits per heavy atom. The zero-order chi connectivity index (χ0) is 12.5. The van der Waals surface area contributed by atoms with Crippen LogP contribution in [-0.4, -0.2) is 10.7 Å². The van der Waals surface area contributed by atoms with Crippen molar-refractivity contribution in [3.63, 3.8) is 0 Å². The number of aromatic nitrogens is 1. The minimum Gasteiger partial charge on any atom is -0.254 e. The number of hydrogen-bond acceptors (Lipinski definition) is 2. The lowest BCUT2D eigenvalue weighted by atomic mass is 10.00. The molecule has 0 radical (unpaired) electrons. The van der Waals surface area contributed by atoms with Crippen molar-refractivity contribution in [2.24, 2.45) is 4.99 Å². The summed E-state index contributed by atoms with van der Waals surface area (Å²) in [5, 5.41) is 0. The minimum absolute atomic E-state index is 0.943. The van der Waals surface area contributed by atoms with Crippen LogP contribution in [0.2, 0.25) is 0 Å². The van der Waals surface area contributed by atoms with Crippen LogP contribution in [0.1, 0.15) is 17.7 Å². The number of rotatable bonds is 1. The summed E-state index contributed by atoms with van der Waals surface area (Å²) in [5.74, 6) is 0. The first-order valence-corrected chi connectivity index (χ1v) is 7.29. The smallest absolute Gasteiger partial charge is 0.0845 e. The van der Waals surface area contributed by atoms with Crippen LogP contribution in [0.4, 0.5) is 5.69 Å². The summed E-state index contributed by atoms with van der Waals surface area (Å²) in [6.45, 7) is 0. The van der Waals surface area contributed by atoms with E-state index in [1.54, 1.807) is 0 Å². The van der Waals surface area contributed by atoms with E-state index in [0.29, 0.717) is 0 Å². The van der Waals surface area contributed by atoms with Gasteiger partial charge in [-0.3, -0.25) is 9.98 Å². The average Bonchev–Trinajstić information content (AvgIpc) is 2.39. The molecule has 0 saturated carbocycles. The van der Waals surface area contributed by atoms with Crippen molar-refractivity contribution in [1.82, 2.24) is 4.98 Å². The molecule has 0 bridgehead atoms. The van der Waals surface area contributed by atoms with Gasteiger partial charge in [0.2, 0.25) is 0 Å². The molecule has 4 heteroatoms.